The van der Waals surface area contributed by atoms with Crippen molar-refractivity contribution in [3.63, 3.8) is 0 Å². The van der Waals surface area contributed by atoms with Crippen LogP contribution in [0.5, 0.6) is 0 Å². The largest absolute Gasteiger partial charge is 0.270 e. The Kier molecular flexibility index (Phi) is 6.54. The highest BCUT2D eigenvalue weighted by molar-refractivity contribution is 6.13. The molecular formula is C19H19F2N5. The third-order valence-electron chi connectivity index (χ3n) is 3.60. The molecule has 0 fully saturated rings. The quantitative estimate of drug-likeness (QED) is 0.445. The number of halogens is 2. The molecule has 0 aliphatic heterocycles. The maximum Gasteiger partial charge on any atom is 0.157 e. The van der Waals surface area contributed by atoms with Crippen molar-refractivity contribution in [2.75, 3.05) is 14.1 Å². The van der Waals surface area contributed by atoms with Crippen LogP contribution in [0.25, 0.3) is 5.57 Å². The van der Waals surface area contributed by atoms with Crippen molar-refractivity contribution in [1.82, 2.24) is 4.98 Å². The van der Waals surface area contributed by atoms with Crippen LogP contribution in [0, 0.1) is 11.6 Å². The molecule has 0 unspecified atom stereocenters. The van der Waals surface area contributed by atoms with Gasteiger partial charge in [0.15, 0.2) is 5.84 Å². The van der Waals surface area contributed by atoms with Gasteiger partial charge in [-0.3, -0.25) is 9.98 Å². The van der Waals surface area contributed by atoms with Gasteiger partial charge < -0.3 is 0 Å². The molecule has 26 heavy (non-hydrogen) atoms. The van der Waals surface area contributed by atoms with E-state index in [2.05, 4.69) is 25.2 Å². The van der Waals surface area contributed by atoms with Crippen molar-refractivity contribution >= 4 is 17.1 Å². The molecule has 0 atom stereocenters. The first-order chi connectivity index (χ1) is 12.5. The van der Waals surface area contributed by atoms with Crippen LogP contribution in [0.1, 0.15) is 25.1 Å². The molecule has 5 nitrogen and oxygen atoms in total. The van der Waals surface area contributed by atoms with Crippen LogP contribution < -0.4 is 0 Å². The van der Waals surface area contributed by atoms with Crippen molar-refractivity contribution in [1.29, 1.82) is 0 Å². The third kappa shape index (κ3) is 4.50. The average molecular weight is 355 g/mol. The summed E-state index contributed by atoms with van der Waals surface area (Å²) in [5.41, 5.74) is 2.41. The minimum absolute atomic E-state index is 0.0184. The first-order valence-corrected chi connectivity index (χ1v) is 7.88. The van der Waals surface area contributed by atoms with Crippen molar-refractivity contribution in [2.45, 2.75) is 13.8 Å². The van der Waals surface area contributed by atoms with E-state index in [0.29, 0.717) is 11.4 Å². The Morgan fingerprint density at radius 3 is 2.42 bits per heavy atom. The van der Waals surface area contributed by atoms with Gasteiger partial charge in [-0.25, -0.2) is 13.8 Å². The van der Waals surface area contributed by atoms with Gasteiger partial charge in [0, 0.05) is 25.9 Å². The van der Waals surface area contributed by atoms with Crippen LogP contribution >= 0.6 is 0 Å². The molecule has 134 valence electrons. The molecule has 0 spiro atoms. The van der Waals surface area contributed by atoms with E-state index in [-0.39, 0.29) is 11.4 Å². The lowest BCUT2D eigenvalue weighted by Crippen LogP contribution is -2.07. The monoisotopic (exact) mass is 355 g/mol. The second-order valence-electron chi connectivity index (χ2n) is 5.36. The van der Waals surface area contributed by atoms with Gasteiger partial charge in [-0.15, -0.1) is 0 Å². The lowest BCUT2D eigenvalue weighted by Gasteiger charge is -2.08. The number of amidine groups is 1. The Hall–Kier alpha value is -3.09. The number of aromatic nitrogens is 1. The Morgan fingerprint density at radius 1 is 1.04 bits per heavy atom. The second-order valence-corrected chi connectivity index (χ2v) is 5.36. The van der Waals surface area contributed by atoms with E-state index in [0.717, 1.165) is 29.5 Å². The smallest absolute Gasteiger partial charge is 0.157 e. The Bertz CT molecular complexity index is 899. The van der Waals surface area contributed by atoms with E-state index in [1.807, 2.05) is 25.1 Å². The summed E-state index contributed by atoms with van der Waals surface area (Å²) in [5, 5.41) is 7.96. The molecule has 2 aromatic rings. The van der Waals surface area contributed by atoms with Gasteiger partial charge in [0.1, 0.15) is 17.3 Å². The molecule has 1 aromatic heterocycles. The number of pyridine rings is 1. The molecule has 1 aromatic carbocycles. The van der Waals surface area contributed by atoms with Crippen LogP contribution in [0.4, 0.5) is 8.78 Å². The summed E-state index contributed by atoms with van der Waals surface area (Å²) < 4.78 is 27.5. The highest BCUT2D eigenvalue weighted by Gasteiger charge is 2.14. The van der Waals surface area contributed by atoms with Gasteiger partial charge in [-0.2, -0.15) is 10.2 Å². The van der Waals surface area contributed by atoms with Gasteiger partial charge in [-0.05, 0) is 44.2 Å². The van der Waals surface area contributed by atoms with Gasteiger partial charge in [-0.1, -0.05) is 6.07 Å². The average Bonchev–Trinajstić information content (AvgIpc) is 2.66. The normalized spacial score (nSPS) is 13.9. The topological polar surface area (TPSA) is 62.3 Å². The van der Waals surface area contributed by atoms with E-state index in [1.54, 1.807) is 20.2 Å². The zero-order valence-corrected chi connectivity index (χ0v) is 15.0. The molecule has 0 aliphatic carbocycles. The van der Waals surface area contributed by atoms with Crippen molar-refractivity contribution in [3.8, 4) is 0 Å². The minimum Gasteiger partial charge on any atom is -0.270 e. The first kappa shape index (κ1) is 19.2. The van der Waals surface area contributed by atoms with Gasteiger partial charge in [0.05, 0.1) is 17.0 Å². The Balaban J connectivity index is 2.54. The summed E-state index contributed by atoms with van der Waals surface area (Å²) >= 11 is 0. The van der Waals surface area contributed by atoms with Crippen molar-refractivity contribution < 1.29 is 8.78 Å². The molecule has 2 rings (SSSR count). The van der Waals surface area contributed by atoms with E-state index in [4.69, 9.17) is 0 Å². The van der Waals surface area contributed by atoms with Crippen molar-refractivity contribution in [2.24, 2.45) is 20.2 Å². The number of rotatable bonds is 4. The molecule has 0 N–H and O–H groups in total. The van der Waals surface area contributed by atoms with Gasteiger partial charge >= 0.3 is 0 Å². The number of nitrogens with zero attached hydrogens (tertiary/aromatic N) is 5. The number of aliphatic imine (C=N–C) groups is 2. The zero-order valence-electron chi connectivity index (χ0n) is 15.0. The fourth-order valence-electron chi connectivity index (χ4n) is 2.34. The lowest BCUT2D eigenvalue weighted by molar-refractivity contribution is 0.598. The highest BCUT2D eigenvalue weighted by Crippen LogP contribution is 2.20. The molecular weight excluding hydrogens is 336 g/mol. The molecule has 0 saturated carbocycles. The summed E-state index contributed by atoms with van der Waals surface area (Å²) in [6, 6.07) is 8.67. The highest BCUT2D eigenvalue weighted by atomic mass is 19.1. The fourth-order valence-corrected chi connectivity index (χ4v) is 2.34. The summed E-state index contributed by atoms with van der Waals surface area (Å²) in [5.74, 6) is -1.10. The molecule has 0 aliphatic rings. The number of hydrogen-bond acceptors (Lipinski definition) is 4. The molecule has 0 radical (unpaired) electrons. The van der Waals surface area contributed by atoms with Crippen LogP contribution in [0.15, 0.2) is 68.5 Å². The predicted octanol–water partition coefficient (Wildman–Crippen LogP) is 4.71. The molecule has 0 amide bonds. The minimum atomic E-state index is -0.604. The lowest BCUT2D eigenvalue weighted by atomic mass is 10.1. The summed E-state index contributed by atoms with van der Waals surface area (Å²) in [7, 11) is 3.01. The number of hydrogen-bond donors (Lipinski definition) is 0. The summed E-state index contributed by atoms with van der Waals surface area (Å²) in [4.78, 5) is 12.6. The summed E-state index contributed by atoms with van der Waals surface area (Å²) in [6.45, 7) is 3.55. The second kappa shape index (κ2) is 8.84. The van der Waals surface area contributed by atoms with E-state index in [1.165, 1.54) is 7.05 Å². The zero-order chi connectivity index (χ0) is 19.1. The molecule has 0 bridgehead atoms. The SMILES string of the molecule is CN=N/C(C(C)=NC(=NC)c1cc(F)ccc1F)=C(\C)c1ccccn1. The maximum atomic E-state index is 14.0. The van der Waals surface area contributed by atoms with Crippen LogP contribution in [-0.2, 0) is 0 Å². The van der Waals surface area contributed by atoms with Crippen LogP contribution in [0.3, 0.4) is 0 Å². The maximum absolute atomic E-state index is 14.0. The third-order valence-corrected chi connectivity index (χ3v) is 3.60. The first-order valence-electron chi connectivity index (χ1n) is 7.88. The van der Waals surface area contributed by atoms with Gasteiger partial charge in [0.25, 0.3) is 0 Å². The van der Waals surface area contributed by atoms with E-state index >= 15 is 0 Å². The van der Waals surface area contributed by atoms with Crippen LogP contribution in [0.2, 0.25) is 0 Å². The van der Waals surface area contributed by atoms with Crippen LogP contribution in [-0.4, -0.2) is 30.6 Å². The number of allylic oxidation sites excluding steroid dienone is 2. The van der Waals surface area contributed by atoms with E-state index < -0.39 is 11.6 Å². The summed E-state index contributed by atoms with van der Waals surface area (Å²) in [6.07, 6.45) is 1.67. The number of azo groups is 1. The Morgan fingerprint density at radius 2 is 1.81 bits per heavy atom. The van der Waals surface area contributed by atoms with Crippen molar-refractivity contribution in [3.05, 3.63) is 71.2 Å². The Labute approximate surface area is 151 Å². The molecule has 7 heteroatoms. The van der Waals surface area contributed by atoms with E-state index in [9.17, 15) is 8.78 Å². The number of benzene rings is 1. The molecule has 0 saturated heterocycles. The molecule has 1 heterocycles. The van der Waals surface area contributed by atoms with Gasteiger partial charge in [0.2, 0.25) is 0 Å². The predicted molar refractivity (Wildman–Crippen MR) is 99.5 cm³/mol. The fraction of sp³-hybridized carbons (Fsp3) is 0.211. The standard InChI is InChI=1S/C19H19F2N5/c1-12(17-7-5-6-10-24-17)18(26-23-4)13(2)25-19(22-3)15-11-14(20)8-9-16(15)21/h5-11H,1-4H3/b18-12+,22-19?,25-13?,26-23?.